The largest absolute Gasteiger partial charge is 0.497 e. The van der Waals surface area contributed by atoms with Gasteiger partial charge in [-0.2, -0.15) is 0 Å². The number of hydrogen-bond acceptors (Lipinski definition) is 4. The van der Waals surface area contributed by atoms with Crippen molar-refractivity contribution in [3.63, 3.8) is 0 Å². The first kappa shape index (κ1) is 17.8. The monoisotopic (exact) mass is 321 g/mol. The quantitative estimate of drug-likeness (QED) is 0.839. The Balaban J connectivity index is 2.28. The van der Waals surface area contributed by atoms with Gasteiger partial charge in [0.1, 0.15) is 5.75 Å². The van der Waals surface area contributed by atoms with Crippen LogP contribution in [-0.4, -0.2) is 44.0 Å². The second kappa shape index (κ2) is 7.79. The summed E-state index contributed by atoms with van der Waals surface area (Å²) in [6, 6.07) is 7.43. The predicted molar refractivity (Wildman–Crippen MR) is 88.6 cm³/mol. The van der Waals surface area contributed by atoms with Gasteiger partial charge >= 0.3 is 0 Å². The molecular formula is C18H27NO4. The van der Waals surface area contributed by atoms with Gasteiger partial charge in [0.2, 0.25) is 5.91 Å². The van der Waals surface area contributed by atoms with Crippen molar-refractivity contribution in [2.45, 2.75) is 38.1 Å². The summed E-state index contributed by atoms with van der Waals surface area (Å²) in [5, 5.41) is 12.5. The van der Waals surface area contributed by atoms with Crippen LogP contribution in [-0.2, 0) is 14.9 Å². The molecule has 1 aliphatic heterocycles. The lowest BCUT2D eigenvalue weighted by Gasteiger charge is -2.38. The number of amides is 1. The summed E-state index contributed by atoms with van der Waals surface area (Å²) in [7, 11) is 1.63. The van der Waals surface area contributed by atoms with E-state index in [0.29, 0.717) is 26.1 Å². The minimum Gasteiger partial charge on any atom is -0.497 e. The lowest BCUT2D eigenvalue weighted by atomic mass is 9.73. The maximum Gasteiger partial charge on any atom is 0.231 e. The molecule has 0 bridgehead atoms. The van der Waals surface area contributed by atoms with Crippen molar-refractivity contribution < 1.29 is 19.4 Å². The summed E-state index contributed by atoms with van der Waals surface area (Å²) in [6.45, 7) is 5.05. The molecule has 0 aliphatic carbocycles. The molecular weight excluding hydrogens is 294 g/mol. The molecule has 0 aromatic heterocycles. The molecule has 1 heterocycles. The number of carbonyl (C=O) groups excluding carboxylic acids is 1. The smallest absolute Gasteiger partial charge is 0.231 e. The maximum absolute atomic E-state index is 13.0. The molecule has 0 radical (unpaired) electrons. The molecule has 1 aliphatic rings. The molecule has 23 heavy (non-hydrogen) atoms. The van der Waals surface area contributed by atoms with E-state index in [2.05, 4.69) is 5.32 Å². The topological polar surface area (TPSA) is 67.8 Å². The normalized spacial score (nSPS) is 18.5. The van der Waals surface area contributed by atoms with Gasteiger partial charge in [0, 0.05) is 13.2 Å². The van der Waals surface area contributed by atoms with Crippen molar-refractivity contribution in [2.75, 3.05) is 26.9 Å². The molecule has 1 amide bonds. The minimum absolute atomic E-state index is 0.0290. The summed E-state index contributed by atoms with van der Waals surface area (Å²) in [5.74, 6) is 0.919. The highest BCUT2D eigenvalue weighted by atomic mass is 16.5. The third-order valence-electron chi connectivity index (χ3n) is 4.74. The van der Waals surface area contributed by atoms with Gasteiger partial charge in [0.15, 0.2) is 0 Å². The van der Waals surface area contributed by atoms with E-state index >= 15 is 0 Å². The second-order valence-electron chi connectivity index (χ2n) is 6.43. The van der Waals surface area contributed by atoms with Crippen LogP contribution < -0.4 is 10.1 Å². The zero-order chi connectivity index (χ0) is 16.9. The fourth-order valence-corrected chi connectivity index (χ4v) is 3.01. The van der Waals surface area contributed by atoms with E-state index < -0.39 is 5.41 Å². The number of rotatable bonds is 6. The third kappa shape index (κ3) is 3.85. The number of hydrogen-bond donors (Lipinski definition) is 2. The van der Waals surface area contributed by atoms with Gasteiger partial charge in [0.25, 0.3) is 0 Å². The molecule has 1 unspecified atom stereocenters. The van der Waals surface area contributed by atoms with Crippen LogP contribution in [0.3, 0.4) is 0 Å². The molecule has 5 nitrogen and oxygen atoms in total. The molecule has 2 rings (SSSR count). The van der Waals surface area contributed by atoms with E-state index in [-0.39, 0.29) is 24.5 Å². The van der Waals surface area contributed by atoms with Crippen LogP contribution in [0.25, 0.3) is 0 Å². The number of methoxy groups -OCH3 is 1. The lowest BCUT2D eigenvalue weighted by molar-refractivity contribution is -0.132. The van der Waals surface area contributed by atoms with Crippen LogP contribution in [0, 0.1) is 5.92 Å². The first-order valence-corrected chi connectivity index (χ1v) is 8.17. The Morgan fingerprint density at radius 3 is 2.39 bits per heavy atom. The number of benzene rings is 1. The van der Waals surface area contributed by atoms with E-state index in [4.69, 9.17) is 9.47 Å². The second-order valence-corrected chi connectivity index (χ2v) is 6.43. The summed E-state index contributed by atoms with van der Waals surface area (Å²) in [4.78, 5) is 13.0. The van der Waals surface area contributed by atoms with Crippen molar-refractivity contribution in [3.8, 4) is 5.75 Å². The Morgan fingerprint density at radius 1 is 1.30 bits per heavy atom. The van der Waals surface area contributed by atoms with E-state index in [9.17, 15) is 9.90 Å². The molecule has 1 aromatic rings. The predicted octanol–water partition coefficient (Wildman–Crippen LogP) is 1.88. The standard InChI is InChI=1S/C18H27NO4/c1-13(2)16(12-20)19-17(21)18(8-10-23-11-9-18)14-4-6-15(22-3)7-5-14/h4-7,13,16,20H,8-12H2,1-3H3,(H,19,21). The maximum atomic E-state index is 13.0. The highest BCUT2D eigenvalue weighted by Gasteiger charge is 2.42. The molecule has 0 saturated carbocycles. The van der Waals surface area contributed by atoms with Crippen LogP contribution in [0.1, 0.15) is 32.3 Å². The molecule has 1 fully saturated rings. The van der Waals surface area contributed by atoms with Gasteiger partial charge in [-0.3, -0.25) is 4.79 Å². The average molecular weight is 321 g/mol. The van der Waals surface area contributed by atoms with Crippen molar-refractivity contribution in [3.05, 3.63) is 29.8 Å². The van der Waals surface area contributed by atoms with Crippen LogP contribution in [0.15, 0.2) is 24.3 Å². The zero-order valence-corrected chi connectivity index (χ0v) is 14.2. The Hall–Kier alpha value is -1.59. The van der Waals surface area contributed by atoms with Gasteiger partial charge in [-0.25, -0.2) is 0 Å². The van der Waals surface area contributed by atoms with E-state index in [1.807, 2.05) is 38.1 Å². The Labute approximate surface area is 138 Å². The number of nitrogens with one attached hydrogen (secondary N) is 1. The molecule has 0 spiro atoms. The first-order valence-electron chi connectivity index (χ1n) is 8.17. The first-order chi connectivity index (χ1) is 11.0. The van der Waals surface area contributed by atoms with Crippen LogP contribution >= 0.6 is 0 Å². The van der Waals surface area contributed by atoms with Crippen LogP contribution in [0.5, 0.6) is 5.75 Å². The molecule has 1 aromatic carbocycles. The molecule has 2 N–H and O–H groups in total. The van der Waals surface area contributed by atoms with Crippen LogP contribution in [0.2, 0.25) is 0 Å². The molecule has 1 atom stereocenters. The summed E-state index contributed by atoms with van der Waals surface area (Å²) >= 11 is 0. The number of carbonyl (C=O) groups is 1. The highest BCUT2D eigenvalue weighted by Crippen LogP contribution is 2.36. The molecule has 5 heteroatoms. The van der Waals surface area contributed by atoms with Crippen LogP contribution in [0.4, 0.5) is 0 Å². The van der Waals surface area contributed by atoms with E-state index in [1.54, 1.807) is 7.11 Å². The molecule has 128 valence electrons. The van der Waals surface area contributed by atoms with Gasteiger partial charge in [-0.15, -0.1) is 0 Å². The van der Waals surface area contributed by atoms with Crippen molar-refractivity contribution in [2.24, 2.45) is 5.92 Å². The van der Waals surface area contributed by atoms with Crippen molar-refractivity contribution in [1.82, 2.24) is 5.32 Å². The number of ether oxygens (including phenoxy) is 2. The summed E-state index contributed by atoms with van der Waals surface area (Å²) in [5.41, 5.74) is 0.367. The Morgan fingerprint density at radius 2 is 1.91 bits per heavy atom. The Bertz CT molecular complexity index is 506. The van der Waals surface area contributed by atoms with E-state index in [1.165, 1.54) is 0 Å². The summed E-state index contributed by atoms with van der Waals surface area (Å²) in [6.07, 6.45) is 1.28. The van der Waals surface area contributed by atoms with Crippen molar-refractivity contribution in [1.29, 1.82) is 0 Å². The van der Waals surface area contributed by atoms with Gasteiger partial charge in [-0.1, -0.05) is 26.0 Å². The fourth-order valence-electron chi connectivity index (χ4n) is 3.01. The summed E-state index contributed by atoms with van der Waals surface area (Å²) < 4.78 is 10.7. The van der Waals surface area contributed by atoms with Gasteiger partial charge in [0.05, 0.1) is 25.2 Å². The number of aliphatic hydroxyl groups is 1. The lowest BCUT2D eigenvalue weighted by Crippen LogP contribution is -2.53. The van der Waals surface area contributed by atoms with E-state index in [0.717, 1.165) is 11.3 Å². The zero-order valence-electron chi connectivity index (χ0n) is 14.2. The number of aliphatic hydroxyl groups excluding tert-OH is 1. The SMILES string of the molecule is COc1ccc(C2(C(=O)NC(CO)C(C)C)CCOCC2)cc1. The van der Waals surface area contributed by atoms with Crippen molar-refractivity contribution >= 4 is 5.91 Å². The highest BCUT2D eigenvalue weighted by molar-refractivity contribution is 5.88. The fraction of sp³-hybridized carbons (Fsp3) is 0.611. The Kier molecular flexibility index (Phi) is 6.02. The minimum atomic E-state index is -0.604. The van der Waals surface area contributed by atoms with Gasteiger partial charge < -0.3 is 19.9 Å². The molecule has 1 saturated heterocycles. The third-order valence-corrected chi connectivity index (χ3v) is 4.74. The average Bonchev–Trinajstić information content (AvgIpc) is 2.59. The van der Waals surface area contributed by atoms with Gasteiger partial charge in [-0.05, 0) is 36.5 Å².